The SMILES string of the molecule is OC(Cc1ccc(Br)cc1)Cc1c(Cl)cccc1Cl. The van der Waals surface area contributed by atoms with E-state index in [1.54, 1.807) is 18.2 Å². The summed E-state index contributed by atoms with van der Waals surface area (Å²) in [5, 5.41) is 11.3. The van der Waals surface area contributed by atoms with Crippen LogP contribution in [0.1, 0.15) is 11.1 Å². The standard InChI is InChI=1S/C15H13BrCl2O/c16-11-6-4-10(5-7-11)8-12(19)9-13-14(17)2-1-3-15(13)18/h1-7,12,19H,8-9H2. The van der Waals surface area contributed by atoms with Crippen LogP contribution in [0.2, 0.25) is 10.0 Å². The molecule has 2 aromatic rings. The fourth-order valence-electron chi connectivity index (χ4n) is 1.93. The van der Waals surface area contributed by atoms with Crippen LogP contribution in [0.25, 0.3) is 0 Å². The largest absolute Gasteiger partial charge is 0.392 e. The minimum atomic E-state index is -0.501. The zero-order valence-electron chi connectivity index (χ0n) is 10.1. The predicted molar refractivity (Wildman–Crippen MR) is 84.0 cm³/mol. The quantitative estimate of drug-likeness (QED) is 0.822. The van der Waals surface area contributed by atoms with Gasteiger partial charge in [-0.15, -0.1) is 0 Å². The van der Waals surface area contributed by atoms with Crippen LogP contribution in [0, 0.1) is 0 Å². The van der Waals surface area contributed by atoms with Gasteiger partial charge in [0.1, 0.15) is 0 Å². The van der Waals surface area contributed by atoms with E-state index in [0.717, 1.165) is 15.6 Å². The molecule has 4 heteroatoms. The van der Waals surface area contributed by atoms with Gasteiger partial charge in [0.2, 0.25) is 0 Å². The number of aliphatic hydroxyl groups excluding tert-OH is 1. The van der Waals surface area contributed by atoms with Crippen molar-refractivity contribution in [2.75, 3.05) is 0 Å². The summed E-state index contributed by atoms with van der Waals surface area (Å²) in [7, 11) is 0. The molecule has 0 heterocycles. The number of benzene rings is 2. The molecule has 0 fully saturated rings. The van der Waals surface area contributed by atoms with Crippen LogP contribution in [0.4, 0.5) is 0 Å². The molecule has 0 aliphatic heterocycles. The molecule has 0 aromatic heterocycles. The lowest BCUT2D eigenvalue weighted by Gasteiger charge is -2.13. The van der Waals surface area contributed by atoms with E-state index in [1.165, 1.54) is 0 Å². The normalized spacial score (nSPS) is 12.4. The molecule has 1 N–H and O–H groups in total. The topological polar surface area (TPSA) is 20.2 Å². The van der Waals surface area contributed by atoms with Crippen molar-refractivity contribution < 1.29 is 5.11 Å². The van der Waals surface area contributed by atoms with Crippen molar-refractivity contribution in [1.82, 2.24) is 0 Å². The maximum atomic E-state index is 10.1. The Morgan fingerprint density at radius 2 is 1.53 bits per heavy atom. The molecule has 0 saturated carbocycles. The van der Waals surface area contributed by atoms with Crippen molar-refractivity contribution in [1.29, 1.82) is 0 Å². The van der Waals surface area contributed by atoms with Crippen LogP contribution in [0.3, 0.4) is 0 Å². The second kappa shape index (κ2) is 6.76. The minimum Gasteiger partial charge on any atom is -0.392 e. The molecule has 2 rings (SSSR count). The molecule has 0 spiro atoms. The summed E-state index contributed by atoms with van der Waals surface area (Å²) in [6.07, 6.45) is 0.530. The lowest BCUT2D eigenvalue weighted by Crippen LogP contribution is -2.14. The number of rotatable bonds is 4. The summed E-state index contributed by atoms with van der Waals surface area (Å²) in [6, 6.07) is 13.3. The van der Waals surface area contributed by atoms with E-state index in [-0.39, 0.29) is 0 Å². The third kappa shape index (κ3) is 4.22. The molecule has 1 atom stereocenters. The Morgan fingerprint density at radius 3 is 2.11 bits per heavy atom. The van der Waals surface area contributed by atoms with Gasteiger partial charge in [-0.25, -0.2) is 0 Å². The van der Waals surface area contributed by atoms with Crippen molar-refractivity contribution in [2.45, 2.75) is 18.9 Å². The Balaban J connectivity index is 2.05. The Bertz CT molecular complexity index is 534. The Kier molecular flexibility index (Phi) is 5.28. The van der Waals surface area contributed by atoms with Crippen LogP contribution >= 0.6 is 39.1 Å². The molecule has 0 amide bonds. The number of hydrogen-bond donors (Lipinski definition) is 1. The van der Waals surface area contributed by atoms with E-state index in [0.29, 0.717) is 22.9 Å². The first-order chi connectivity index (χ1) is 9.06. The van der Waals surface area contributed by atoms with Gasteiger partial charge >= 0.3 is 0 Å². The average Bonchev–Trinajstić information content (AvgIpc) is 2.37. The van der Waals surface area contributed by atoms with E-state index in [4.69, 9.17) is 23.2 Å². The monoisotopic (exact) mass is 358 g/mol. The number of halogens is 3. The molecule has 0 aliphatic rings. The fraction of sp³-hybridized carbons (Fsp3) is 0.200. The Labute approximate surface area is 131 Å². The zero-order chi connectivity index (χ0) is 13.8. The third-order valence-electron chi connectivity index (χ3n) is 2.89. The number of hydrogen-bond acceptors (Lipinski definition) is 1. The second-order valence-electron chi connectivity index (χ2n) is 4.39. The van der Waals surface area contributed by atoms with Gasteiger partial charge in [-0.1, -0.05) is 57.3 Å². The molecule has 0 saturated heterocycles. The van der Waals surface area contributed by atoms with Gasteiger partial charge < -0.3 is 5.11 Å². The maximum Gasteiger partial charge on any atom is 0.0621 e. The summed E-state index contributed by atoms with van der Waals surface area (Å²) in [4.78, 5) is 0. The highest BCUT2D eigenvalue weighted by molar-refractivity contribution is 9.10. The molecule has 1 nitrogen and oxygen atoms in total. The van der Waals surface area contributed by atoms with Gasteiger partial charge in [-0.2, -0.15) is 0 Å². The van der Waals surface area contributed by atoms with Gasteiger partial charge in [-0.05, 0) is 41.8 Å². The maximum absolute atomic E-state index is 10.1. The van der Waals surface area contributed by atoms with Crippen LogP contribution in [0.5, 0.6) is 0 Å². The highest BCUT2D eigenvalue weighted by Gasteiger charge is 2.12. The lowest BCUT2D eigenvalue weighted by atomic mass is 10.0. The van der Waals surface area contributed by atoms with E-state index < -0.39 is 6.10 Å². The summed E-state index contributed by atoms with van der Waals surface area (Å²) in [5.41, 5.74) is 1.88. The Morgan fingerprint density at radius 1 is 0.947 bits per heavy atom. The van der Waals surface area contributed by atoms with Gasteiger partial charge in [0.25, 0.3) is 0 Å². The predicted octanol–water partition coefficient (Wildman–Crippen LogP) is 4.90. The second-order valence-corrected chi connectivity index (χ2v) is 6.12. The summed E-state index contributed by atoms with van der Waals surface area (Å²) in [6.45, 7) is 0. The van der Waals surface area contributed by atoms with Gasteiger partial charge in [0.15, 0.2) is 0 Å². The highest BCUT2D eigenvalue weighted by Crippen LogP contribution is 2.26. The van der Waals surface area contributed by atoms with E-state index in [2.05, 4.69) is 15.9 Å². The lowest BCUT2D eigenvalue weighted by molar-refractivity contribution is 0.175. The van der Waals surface area contributed by atoms with Gasteiger partial charge in [-0.3, -0.25) is 0 Å². The van der Waals surface area contributed by atoms with Crippen molar-refractivity contribution in [3.63, 3.8) is 0 Å². The smallest absolute Gasteiger partial charge is 0.0621 e. The molecule has 0 aliphatic carbocycles. The van der Waals surface area contributed by atoms with E-state index >= 15 is 0 Å². The molecule has 19 heavy (non-hydrogen) atoms. The molecule has 2 aromatic carbocycles. The summed E-state index contributed by atoms with van der Waals surface area (Å²) >= 11 is 15.6. The van der Waals surface area contributed by atoms with Crippen LogP contribution in [0.15, 0.2) is 46.9 Å². The first-order valence-electron chi connectivity index (χ1n) is 5.91. The molecular weight excluding hydrogens is 347 g/mol. The van der Waals surface area contributed by atoms with Crippen molar-refractivity contribution in [3.8, 4) is 0 Å². The number of aliphatic hydroxyl groups is 1. The highest BCUT2D eigenvalue weighted by atomic mass is 79.9. The van der Waals surface area contributed by atoms with Gasteiger partial charge in [0.05, 0.1) is 6.10 Å². The Hall–Kier alpha value is -0.540. The zero-order valence-corrected chi connectivity index (χ0v) is 13.2. The fourth-order valence-corrected chi connectivity index (χ4v) is 2.74. The van der Waals surface area contributed by atoms with Crippen molar-refractivity contribution in [3.05, 3.63) is 68.1 Å². The third-order valence-corrected chi connectivity index (χ3v) is 4.12. The first kappa shape index (κ1) is 14.9. The van der Waals surface area contributed by atoms with Crippen LogP contribution < -0.4 is 0 Å². The summed E-state index contributed by atoms with van der Waals surface area (Å²) in [5.74, 6) is 0. The van der Waals surface area contributed by atoms with Crippen molar-refractivity contribution in [2.24, 2.45) is 0 Å². The van der Waals surface area contributed by atoms with Crippen LogP contribution in [-0.4, -0.2) is 11.2 Å². The summed E-state index contributed by atoms with van der Waals surface area (Å²) < 4.78 is 1.03. The average molecular weight is 360 g/mol. The first-order valence-corrected chi connectivity index (χ1v) is 7.46. The van der Waals surface area contributed by atoms with Gasteiger partial charge in [0, 0.05) is 20.9 Å². The molecule has 1 unspecified atom stereocenters. The van der Waals surface area contributed by atoms with E-state index in [9.17, 15) is 5.11 Å². The minimum absolute atomic E-state index is 0.453. The molecule has 100 valence electrons. The van der Waals surface area contributed by atoms with E-state index in [1.807, 2.05) is 24.3 Å². The molecule has 0 radical (unpaired) electrons. The molecule has 0 bridgehead atoms. The molecular formula is C15H13BrCl2O. The van der Waals surface area contributed by atoms with Crippen molar-refractivity contribution >= 4 is 39.1 Å². The van der Waals surface area contributed by atoms with Crippen LogP contribution in [-0.2, 0) is 12.8 Å².